The number of nitrogens with one attached hydrogen (secondary N) is 1. The van der Waals surface area contributed by atoms with E-state index >= 15 is 0 Å². The van der Waals surface area contributed by atoms with Crippen LogP contribution in [-0.4, -0.2) is 19.9 Å². The molecule has 0 amide bonds. The van der Waals surface area contributed by atoms with E-state index in [2.05, 4.69) is 22.3 Å². The van der Waals surface area contributed by atoms with Gasteiger partial charge in [0.2, 0.25) is 0 Å². The van der Waals surface area contributed by atoms with E-state index in [-0.39, 0.29) is 11.8 Å². The van der Waals surface area contributed by atoms with Gasteiger partial charge in [-0.2, -0.15) is 5.10 Å². The molecule has 2 heterocycles. The van der Waals surface area contributed by atoms with Crippen molar-refractivity contribution in [3.8, 4) is 11.6 Å². The fraction of sp³-hybridized carbons (Fsp3) is 0.176. The Morgan fingerprint density at radius 1 is 1.23 bits per heavy atom. The molecule has 1 aromatic carbocycles. The zero-order valence-electron chi connectivity index (χ0n) is 12.3. The van der Waals surface area contributed by atoms with Crippen LogP contribution in [0, 0.1) is 0 Å². The Balaban J connectivity index is 1.62. The minimum absolute atomic E-state index is 0.151. The summed E-state index contributed by atoms with van der Waals surface area (Å²) in [7, 11) is 0. The van der Waals surface area contributed by atoms with E-state index in [1.54, 1.807) is 23.0 Å². The zero-order valence-corrected chi connectivity index (χ0v) is 12.3. The maximum absolute atomic E-state index is 9.52. The van der Waals surface area contributed by atoms with Crippen LogP contribution in [0.25, 0.3) is 5.82 Å². The molecule has 0 aliphatic carbocycles. The number of phenolic OH excluding ortho intramolecular Hbond substituents is 1. The van der Waals surface area contributed by atoms with Crippen molar-refractivity contribution in [3.05, 3.63) is 72.2 Å². The summed E-state index contributed by atoms with van der Waals surface area (Å²) in [6, 6.07) is 13.3. The molecule has 0 fully saturated rings. The number of aromatic hydroxyl groups is 1. The van der Waals surface area contributed by atoms with Gasteiger partial charge in [0.1, 0.15) is 5.75 Å². The summed E-state index contributed by atoms with van der Waals surface area (Å²) in [6.45, 7) is 2.78. The molecule has 0 saturated heterocycles. The second kappa shape index (κ2) is 6.41. The van der Waals surface area contributed by atoms with E-state index in [4.69, 9.17) is 0 Å². The fourth-order valence-electron chi connectivity index (χ4n) is 2.24. The third-order valence-electron chi connectivity index (χ3n) is 3.53. The first-order chi connectivity index (χ1) is 10.7. The molecular weight excluding hydrogens is 276 g/mol. The molecule has 3 rings (SSSR count). The van der Waals surface area contributed by atoms with Gasteiger partial charge in [0.15, 0.2) is 5.82 Å². The highest BCUT2D eigenvalue weighted by Crippen LogP contribution is 2.18. The van der Waals surface area contributed by atoms with Crippen LogP contribution in [-0.2, 0) is 6.54 Å². The Labute approximate surface area is 129 Å². The monoisotopic (exact) mass is 294 g/mol. The van der Waals surface area contributed by atoms with E-state index in [1.165, 1.54) is 0 Å². The quantitative estimate of drug-likeness (QED) is 0.759. The molecule has 2 aromatic heterocycles. The molecule has 0 bridgehead atoms. The van der Waals surface area contributed by atoms with Crippen LogP contribution in [0.5, 0.6) is 5.75 Å². The Morgan fingerprint density at radius 2 is 2.14 bits per heavy atom. The van der Waals surface area contributed by atoms with Crippen molar-refractivity contribution in [3.63, 3.8) is 0 Å². The van der Waals surface area contributed by atoms with E-state index in [9.17, 15) is 5.11 Å². The van der Waals surface area contributed by atoms with Crippen molar-refractivity contribution in [2.24, 2.45) is 0 Å². The number of aromatic nitrogens is 3. The number of rotatable bonds is 5. The summed E-state index contributed by atoms with van der Waals surface area (Å²) in [5, 5.41) is 17.1. The molecule has 0 aliphatic rings. The lowest BCUT2D eigenvalue weighted by atomic mass is 10.1. The molecule has 0 saturated carbocycles. The Kier molecular flexibility index (Phi) is 4.16. The third-order valence-corrected chi connectivity index (χ3v) is 3.53. The van der Waals surface area contributed by atoms with Crippen molar-refractivity contribution in [1.82, 2.24) is 20.1 Å². The fourth-order valence-corrected chi connectivity index (χ4v) is 2.24. The van der Waals surface area contributed by atoms with Gasteiger partial charge in [-0.3, -0.25) is 0 Å². The van der Waals surface area contributed by atoms with Crippen LogP contribution in [0.3, 0.4) is 0 Å². The van der Waals surface area contributed by atoms with Gasteiger partial charge in [-0.1, -0.05) is 18.2 Å². The number of hydrogen-bond donors (Lipinski definition) is 2. The Bertz CT molecular complexity index is 723. The smallest absolute Gasteiger partial charge is 0.153 e. The van der Waals surface area contributed by atoms with Gasteiger partial charge >= 0.3 is 0 Å². The molecule has 0 radical (unpaired) electrons. The van der Waals surface area contributed by atoms with Crippen LogP contribution in [0.1, 0.15) is 24.1 Å². The second-order valence-corrected chi connectivity index (χ2v) is 5.17. The lowest BCUT2D eigenvalue weighted by Crippen LogP contribution is -2.18. The molecule has 2 N–H and O–H groups in total. The summed E-state index contributed by atoms with van der Waals surface area (Å²) < 4.78 is 1.73. The molecule has 1 atom stereocenters. The minimum atomic E-state index is 0.151. The van der Waals surface area contributed by atoms with Crippen molar-refractivity contribution in [2.75, 3.05) is 0 Å². The molecule has 3 aromatic rings. The average Bonchev–Trinajstić information content (AvgIpc) is 3.07. The summed E-state index contributed by atoms with van der Waals surface area (Å²) in [5.41, 5.74) is 2.16. The minimum Gasteiger partial charge on any atom is -0.508 e. The summed E-state index contributed by atoms with van der Waals surface area (Å²) in [4.78, 5) is 4.41. The molecule has 112 valence electrons. The van der Waals surface area contributed by atoms with Crippen molar-refractivity contribution in [2.45, 2.75) is 19.5 Å². The Hall–Kier alpha value is -2.66. The molecule has 0 unspecified atom stereocenters. The predicted molar refractivity (Wildman–Crippen MR) is 84.7 cm³/mol. The zero-order chi connectivity index (χ0) is 15.4. The van der Waals surface area contributed by atoms with E-state index in [0.717, 1.165) is 16.9 Å². The predicted octanol–water partition coefficient (Wildman–Crippen LogP) is 2.82. The number of hydrogen-bond acceptors (Lipinski definition) is 4. The normalized spacial score (nSPS) is 12.2. The molecule has 0 aliphatic heterocycles. The lowest BCUT2D eigenvalue weighted by molar-refractivity contribution is 0.472. The van der Waals surface area contributed by atoms with Gasteiger partial charge in [0.25, 0.3) is 0 Å². The molecule has 0 spiro atoms. The van der Waals surface area contributed by atoms with Crippen LogP contribution >= 0.6 is 0 Å². The van der Waals surface area contributed by atoms with Gasteiger partial charge in [-0.15, -0.1) is 0 Å². The largest absolute Gasteiger partial charge is 0.508 e. The average molecular weight is 294 g/mol. The topological polar surface area (TPSA) is 63.0 Å². The first-order valence-corrected chi connectivity index (χ1v) is 7.19. The standard InChI is InChI=1S/C17H18N4O/c1-13(15-4-2-5-16(22)10-15)18-11-14-6-7-17(19-12-14)21-9-3-8-20-21/h2-10,12-13,18,22H,11H2,1H3/t13-/m1/s1. The van der Waals surface area contributed by atoms with Gasteiger partial charge in [-0.25, -0.2) is 9.67 Å². The summed E-state index contributed by atoms with van der Waals surface area (Å²) in [6.07, 6.45) is 5.44. The van der Waals surface area contributed by atoms with Crippen LogP contribution in [0.15, 0.2) is 61.1 Å². The van der Waals surface area contributed by atoms with Gasteiger partial charge in [0.05, 0.1) is 0 Å². The highest BCUT2D eigenvalue weighted by molar-refractivity contribution is 5.29. The maximum atomic E-state index is 9.52. The molecular formula is C17H18N4O. The SMILES string of the molecule is C[C@@H](NCc1ccc(-n2cccn2)nc1)c1cccc(O)c1. The number of benzene rings is 1. The molecule has 5 heteroatoms. The number of pyridine rings is 1. The van der Waals surface area contributed by atoms with Gasteiger partial charge in [0, 0.05) is 31.2 Å². The van der Waals surface area contributed by atoms with Gasteiger partial charge < -0.3 is 10.4 Å². The highest BCUT2D eigenvalue weighted by atomic mass is 16.3. The van der Waals surface area contributed by atoms with Gasteiger partial charge in [-0.05, 0) is 42.3 Å². The van der Waals surface area contributed by atoms with Crippen molar-refractivity contribution >= 4 is 0 Å². The highest BCUT2D eigenvalue weighted by Gasteiger charge is 2.06. The first kappa shape index (κ1) is 14.3. The Morgan fingerprint density at radius 3 is 2.82 bits per heavy atom. The second-order valence-electron chi connectivity index (χ2n) is 5.17. The van der Waals surface area contributed by atoms with Crippen LogP contribution in [0.4, 0.5) is 0 Å². The van der Waals surface area contributed by atoms with E-state index in [1.807, 2.05) is 42.7 Å². The molecule has 22 heavy (non-hydrogen) atoms. The van der Waals surface area contributed by atoms with Crippen molar-refractivity contribution in [1.29, 1.82) is 0 Å². The van der Waals surface area contributed by atoms with Crippen molar-refractivity contribution < 1.29 is 5.11 Å². The van der Waals surface area contributed by atoms with Crippen LogP contribution < -0.4 is 5.32 Å². The lowest BCUT2D eigenvalue weighted by Gasteiger charge is -2.14. The maximum Gasteiger partial charge on any atom is 0.153 e. The number of phenols is 1. The third kappa shape index (κ3) is 3.32. The number of nitrogens with zero attached hydrogens (tertiary/aromatic N) is 3. The summed E-state index contributed by atoms with van der Waals surface area (Å²) in [5.74, 6) is 1.09. The van der Waals surface area contributed by atoms with E-state index in [0.29, 0.717) is 6.54 Å². The molecule has 5 nitrogen and oxygen atoms in total. The first-order valence-electron chi connectivity index (χ1n) is 7.19. The van der Waals surface area contributed by atoms with Crippen LogP contribution in [0.2, 0.25) is 0 Å². The summed E-state index contributed by atoms with van der Waals surface area (Å²) >= 11 is 0. The van der Waals surface area contributed by atoms with E-state index < -0.39 is 0 Å².